The number of aromatic hydroxyl groups is 1. The Kier molecular flexibility index (Phi) is 6.30. The van der Waals surface area contributed by atoms with E-state index in [9.17, 15) is 5.11 Å². The van der Waals surface area contributed by atoms with Gasteiger partial charge in [0.2, 0.25) is 0 Å². The highest BCUT2D eigenvalue weighted by Gasteiger charge is 2.17. The molecule has 0 atom stereocenters. The summed E-state index contributed by atoms with van der Waals surface area (Å²) in [4.78, 5) is 9.42. The summed E-state index contributed by atoms with van der Waals surface area (Å²) in [5, 5.41) is 9.98. The molecule has 5 heteroatoms. The molecule has 0 unspecified atom stereocenters. The van der Waals surface area contributed by atoms with Crippen molar-refractivity contribution in [2.45, 2.75) is 6.54 Å². The summed E-state index contributed by atoms with van der Waals surface area (Å²) >= 11 is 0. The van der Waals surface area contributed by atoms with Gasteiger partial charge in [-0.15, -0.1) is 0 Å². The van der Waals surface area contributed by atoms with Crippen molar-refractivity contribution in [2.24, 2.45) is 4.99 Å². The van der Waals surface area contributed by atoms with Gasteiger partial charge in [-0.05, 0) is 48.0 Å². The fourth-order valence-corrected chi connectivity index (χ4v) is 3.66. The van der Waals surface area contributed by atoms with Gasteiger partial charge < -0.3 is 14.7 Å². The highest BCUT2D eigenvalue weighted by Crippen LogP contribution is 2.24. The predicted octanol–water partition coefficient (Wildman–Crippen LogP) is 4.47. The van der Waals surface area contributed by atoms with Crippen molar-refractivity contribution >= 4 is 17.6 Å². The van der Waals surface area contributed by atoms with Crippen LogP contribution in [0, 0.1) is 0 Å². The number of anilines is 1. The molecule has 1 aliphatic heterocycles. The SMILES string of the molecule is COc1ccc(O)c(C=Nc2ccc(N3CCN(Cc4ccccc4)CC3)cc2)c1. The second-order valence-corrected chi connectivity index (χ2v) is 7.45. The van der Waals surface area contributed by atoms with E-state index in [1.54, 1.807) is 31.5 Å². The Morgan fingerprint density at radius 2 is 1.67 bits per heavy atom. The number of hydrogen-bond donors (Lipinski definition) is 1. The van der Waals surface area contributed by atoms with Gasteiger partial charge in [0.1, 0.15) is 11.5 Å². The molecule has 3 aromatic rings. The Hall–Kier alpha value is -3.31. The summed E-state index contributed by atoms with van der Waals surface area (Å²) in [5.74, 6) is 0.876. The largest absolute Gasteiger partial charge is 0.507 e. The van der Waals surface area contributed by atoms with Crippen molar-refractivity contribution in [1.82, 2.24) is 4.90 Å². The van der Waals surface area contributed by atoms with Gasteiger partial charge in [0, 0.05) is 50.2 Å². The zero-order chi connectivity index (χ0) is 20.8. The molecule has 1 saturated heterocycles. The highest BCUT2D eigenvalue weighted by molar-refractivity contribution is 5.86. The van der Waals surface area contributed by atoms with Gasteiger partial charge in [-0.3, -0.25) is 9.89 Å². The van der Waals surface area contributed by atoms with Crippen LogP contribution in [0.1, 0.15) is 11.1 Å². The van der Waals surface area contributed by atoms with Crippen LogP contribution in [0.3, 0.4) is 0 Å². The van der Waals surface area contributed by atoms with E-state index in [0.29, 0.717) is 11.3 Å². The van der Waals surface area contributed by atoms with E-state index in [4.69, 9.17) is 4.74 Å². The van der Waals surface area contributed by atoms with Crippen LogP contribution < -0.4 is 9.64 Å². The molecule has 0 aromatic heterocycles. The number of benzene rings is 3. The molecule has 0 saturated carbocycles. The van der Waals surface area contributed by atoms with Crippen LogP contribution in [-0.2, 0) is 6.54 Å². The number of hydrogen-bond acceptors (Lipinski definition) is 5. The lowest BCUT2D eigenvalue weighted by molar-refractivity contribution is 0.250. The van der Waals surface area contributed by atoms with Crippen LogP contribution in [0.5, 0.6) is 11.5 Å². The maximum absolute atomic E-state index is 9.98. The predicted molar refractivity (Wildman–Crippen MR) is 122 cm³/mol. The van der Waals surface area contributed by atoms with Crippen LogP contribution in [0.15, 0.2) is 77.8 Å². The van der Waals surface area contributed by atoms with Crippen molar-refractivity contribution in [2.75, 3.05) is 38.2 Å². The van der Waals surface area contributed by atoms with Gasteiger partial charge in [-0.1, -0.05) is 30.3 Å². The number of phenols is 1. The minimum Gasteiger partial charge on any atom is -0.507 e. The summed E-state index contributed by atoms with van der Waals surface area (Å²) in [6.07, 6.45) is 1.66. The van der Waals surface area contributed by atoms with Crippen molar-refractivity contribution in [3.05, 3.63) is 83.9 Å². The van der Waals surface area contributed by atoms with E-state index in [1.807, 2.05) is 12.1 Å². The first kappa shape index (κ1) is 20.0. The fraction of sp³-hybridized carbons (Fsp3) is 0.240. The van der Waals surface area contributed by atoms with Crippen LogP contribution in [0.4, 0.5) is 11.4 Å². The van der Waals surface area contributed by atoms with Gasteiger partial charge in [-0.2, -0.15) is 0 Å². The van der Waals surface area contributed by atoms with Crippen LogP contribution in [0.25, 0.3) is 0 Å². The first-order valence-electron chi connectivity index (χ1n) is 10.2. The summed E-state index contributed by atoms with van der Waals surface area (Å²) in [5.41, 5.74) is 4.07. The quantitative estimate of drug-likeness (QED) is 0.619. The third-order valence-corrected chi connectivity index (χ3v) is 5.42. The monoisotopic (exact) mass is 401 g/mol. The highest BCUT2D eigenvalue weighted by atomic mass is 16.5. The number of ether oxygens (including phenoxy) is 1. The molecule has 0 amide bonds. The summed E-state index contributed by atoms with van der Waals surface area (Å²) in [6, 6.07) is 24.0. The Morgan fingerprint density at radius 3 is 2.37 bits per heavy atom. The van der Waals surface area contributed by atoms with Gasteiger partial charge in [0.15, 0.2) is 0 Å². The number of aliphatic imine (C=N–C) groups is 1. The number of phenolic OH excluding ortho intramolecular Hbond substituents is 1. The molecule has 0 spiro atoms. The van der Waals surface area contributed by atoms with Crippen LogP contribution >= 0.6 is 0 Å². The molecule has 1 fully saturated rings. The zero-order valence-corrected chi connectivity index (χ0v) is 17.2. The Bertz CT molecular complexity index is 979. The molecule has 5 nitrogen and oxygen atoms in total. The Morgan fingerprint density at radius 1 is 0.933 bits per heavy atom. The lowest BCUT2D eigenvalue weighted by Gasteiger charge is -2.36. The molecule has 0 aliphatic carbocycles. The van der Waals surface area contributed by atoms with E-state index in [-0.39, 0.29) is 5.75 Å². The maximum Gasteiger partial charge on any atom is 0.124 e. The Balaban J connectivity index is 1.34. The number of nitrogens with zero attached hydrogens (tertiary/aromatic N) is 3. The lowest BCUT2D eigenvalue weighted by atomic mass is 10.2. The molecular formula is C25H27N3O2. The van der Waals surface area contributed by atoms with Crippen molar-refractivity contribution in [3.8, 4) is 11.5 Å². The third-order valence-electron chi connectivity index (χ3n) is 5.42. The minimum absolute atomic E-state index is 0.185. The molecule has 3 aromatic carbocycles. The molecule has 0 bridgehead atoms. The summed E-state index contributed by atoms with van der Waals surface area (Å²) in [7, 11) is 1.60. The third kappa shape index (κ3) is 4.99. The van der Waals surface area contributed by atoms with Crippen LogP contribution in [0.2, 0.25) is 0 Å². The summed E-state index contributed by atoms with van der Waals surface area (Å²) < 4.78 is 5.20. The standard InChI is InChI=1S/C25H27N3O2/c1-30-24-11-12-25(29)21(17-24)18-26-22-7-9-23(10-8-22)28-15-13-27(14-16-28)19-20-5-3-2-4-6-20/h2-12,17-18,29H,13-16,19H2,1H3. The Labute approximate surface area is 177 Å². The molecule has 30 heavy (non-hydrogen) atoms. The van der Waals surface area contributed by atoms with E-state index in [0.717, 1.165) is 38.4 Å². The number of methoxy groups -OCH3 is 1. The van der Waals surface area contributed by atoms with E-state index in [1.165, 1.54) is 11.3 Å². The van der Waals surface area contributed by atoms with Gasteiger partial charge in [0.25, 0.3) is 0 Å². The van der Waals surface area contributed by atoms with E-state index < -0.39 is 0 Å². The van der Waals surface area contributed by atoms with Crippen molar-refractivity contribution < 1.29 is 9.84 Å². The first-order valence-corrected chi connectivity index (χ1v) is 10.2. The molecule has 1 aliphatic rings. The average Bonchev–Trinajstić information content (AvgIpc) is 2.80. The fourth-order valence-electron chi connectivity index (χ4n) is 3.66. The normalized spacial score (nSPS) is 14.9. The van der Waals surface area contributed by atoms with Crippen LogP contribution in [-0.4, -0.2) is 49.5 Å². The first-order chi connectivity index (χ1) is 14.7. The minimum atomic E-state index is 0.185. The van der Waals surface area contributed by atoms with Gasteiger partial charge in [0.05, 0.1) is 12.8 Å². The molecule has 1 heterocycles. The molecular weight excluding hydrogens is 374 g/mol. The second-order valence-electron chi connectivity index (χ2n) is 7.45. The average molecular weight is 402 g/mol. The summed E-state index contributed by atoms with van der Waals surface area (Å²) in [6.45, 7) is 5.17. The topological polar surface area (TPSA) is 48.3 Å². The number of rotatable bonds is 6. The van der Waals surface area contributed by atoms with Crippen molar-refractivity contribution in [1.29, 1.82) is 0 Å². The maximum atomic E-state index is 9.98. The second kappa shape index (κ2) is 9.46. The molecule has 0 radical (unpaired) electrons. The van der Waals surface area contributed by atoms with Crippen molar-refractivity contribution in [3.63, 3.8) is 0 Å². The molecule has 4 rings (SSSR count). The number of piperazine rings is 1. The lowest BCUT2D eigenvalue weighted by Crippen LogP contribution is -2.45. The van der Waals surface area contributed by atoms with Gasteiger partial charge >= 0.3 is 0 Å². The molecule has 154 valence electrons. The van der Waals surface area contributed by atoms with E-state index in [2.05, 4.69) is 57.3 Å². The van der Waals surface area contributed by atoms with E-state index >= 15 is 0 Å². The zero-order valence-electron chi connectivity index (χ0n) is 17.2. The van der Waals surface area contributed by atoms with Gasteiger partial charge in [-0.25, -0.2) is 0 Å². The molecule has 1 N–H and O–H groups in total. The smallest absolute Gasteiger partial charge is 0.124 e.